The second-order valence-corrected chi connectivity index (χ2v) is 3.25. The van der Waals surface area contributed by atoms with Crippen molar-refractivity contribution in [1.82, 2.24) is 0 Å². The van der Waals surface area contributed by atoms with E-state index in [0.717, 1.165) is 0 Å². The number of Topliss-reactive ketones (excluding diaryl/α,β-unsaturated/α-hetero) is 2. The Morgan fingerprint density at radius 1 is 0.812 bits per heavy atom. The normalized spacial score (nSPS) is 16.9. The van der Waals surface area contributed by atoms with Gasteiger partial charge >= 0.3 is 11.4 Å². The Balaban J connectivity index is 3.49. The molecule has 0 atom stereocenters. The second-order valence-electron chi connectivity index (χ2n) is 2.50. The highest BCUT2D eigenvalue weighted by Crippen LogP contribution is 2.29. The van der Waals surface area contributed by atoms with Crippen LogP contribution in [-0.2, 0) is 9.59 Å². The third-order valence-electron chi connectivity index (χ3n) is 1.61. The second kappa shape index (κ2) is 3.99. The van der Waals surface area contributed by atoms with Crippen molar-refractivity contribution in [2.45, 2.75) is 0 Å². The highest BCUT2D eigenvalue weighted by molar-refractivity contribution is 6.55. The Morgan fingerprint density at radius 3 is 1.25 bits per heavy atom. The lowest BCUT2D eigenvalue weighted by Gasteiger charge is -2.06. The molecule has 0 fully saturated rings. The van der Waals surface area contributed by atoms with Gasteiger partial charge in [0, 0.05) is 0 Å². The molecule has 0 bridgehead atoms. The lowest BCUT2D eigenvalue weighted by molar-refractivity contribution is -0.425. The van der Waals surface area contributed by atoms with Crippen LogP contribution >= 0.6 is 23.2 Å². The van der Waals surface area contributed by atoms with Crippen LogP contribution in [0.4, 0.5) is 0 Å². The Bertz CT molecular complexity index is 459. The van der Waals surface area contributed by atoms with E-state index < -0.39 is 42.9 Å². The summed E-state index contributed by atoms with van der Waals surface area (Å²) < 4.78 is 0. The number of halogens is 2. The molecule has 16 heavy (non-hydrogen) atoms. The molecule has 0 aliphatic heterocycles. The highest BCUT2D eigenvalue weighted by Gasteiger charge is 2.46. The average Bonchev–Trinajstić information content (AvgIpc) is 2.14. The standard InChI is InChI=1S/C6Cl2N2O6/c7-1-3(9(13)14)6(12)2(8)4(5(1)11)10(15)16. The van der Waals surface area contributed by atoms with Gasteiger partial charge in [-0.1, -0.05) is 23.2 Å². The number of nitro groups is 2. The van der Waals surface area contributed by atoms with E-state index in [1.807, 2.05) is 0 Å². The average molecular weight is 267 g/mol. The fourth-order valence-corrected chi connectivity index (χ4v) is 1.44. The fourth-order valence-electron chi connectivity index (χ4n) is 0.948. The quantitative estimate of drug-likeness (QED) is 0.410. The van der Waals surface area contributed by atoms with Gasteiger partial charge in [-0.2, -0.15) is 0 Å². The minimum absolute atomic E-state index is 1.12. The van der Waals surface area contributed by atoms with E-state index in [1.54, 1.807) is 0 Å². The minimum Gasteiger partial charge on any atom is -0.280 e. The maximum atomic E-state index is 11.2. The summed E-state index contributed by atoms with van der Waals surface area (Å²) in [5.74, 6) is -2.91. The first-order valence-corrected chi connectivity index (χ1v) is 4.22. The van der Waals surface area contributed by atoms with Crippen molar-refractivity contribution in [1.29, 1.82) is 0 Å². The van der Waals surface area contributed by atoms with Gasteiger partial charge in [-0.15, -0.1) is 0 Å². The Labute approximate surface area is 96.4 Å². The van der Waals surface area contributed by atoms with Crippen molar-refractivity contribution in [2.75, 3.05) is 0 Å². The van der Waals surface area contributed by atoms with Crippen LogP contribution < -0.4 is 0 Å². The topological polar surface area (TPSA) is 120 Å². The van der Waals surface area contributed by atoms with Crippen LogP contribution in [0.2, 0.25) is 0 Å². The molecule has 0 saturated heterocycles. The molecule has 0 unspecified atom stereocenters. The maximum Gasteiger partial charge on any atom is 0.340 e. The van der Waals surface area contributed by atoms with Crippen molar-refractivity contribution in [3.05, 3.63) is 41.7 Å². The molecule has 0 saturated carbocycles. The molecule has 0 radical (unpaired) electrons. The lowest BCUT2D eigenvalue weighted by Crippen LogP contribution is -2.27. The van der Waals surface area contributed by atoms with Crippen molar-refractivity contribution >= 4 is 34.8 Å². The van der Waals surface area contributed by atoms with Gasteiger partial charge in [0.05, 0.1) is 9.85 Å². The zero-order valence-electron chi connectivity index (χ0n) is 7.10. The first-order chi connectivity index (χ1) is 7.29. The van der Waals surface area contributed by atoms with Crippen LogP contribution in [0.25, 0.3) is 0 Å². The zero-order valence-corrected chi connectivity index (χ0v) is 8.61. The van der Waals surface area contributed by atoms with Crippen LogP contribution in [0.3, 0.4) is 0 Å². The van der Waals surface area contributed by atoms with Crippen LogP contribution in [0, 0.1) is 20.2 Å². The number of allylic oxidation sites excluding steroid dienone is 2. The van der Waals surface area contributed by atoms with E-state index >= 15 is 0 Å². The van der Waals surface area contributed by atoms with Gasteiger partial charge in [-0.3, -0.25) is 29.8 Å². The van der Waals surface area contributed by atoms with E-state index in [-0.39, 0.29) is 0 Å². The van der Waals surface area contributed by atoms with Crippen molar-refractivity contribution in [2.24, 2.45) is 0 Å². The first kappa shape index (κ1) is 12.3. The summed E-state index contributed by atoms with van der Waals surface area (Å²) in [6.45, 7) is 0. The summed E-state index contributed by atoms with van der Waals surface area (Å²) in [5, 5.41) is 18.5. The molecule has 1 aliphatic carbocycles. The number of hydrogen-bond acceptors (Lipinski definition) is 6. The molecule has 0 amide bonds. The van der Waals surface area contributed by atoms with Gasteiger partial charge in [0.2, 0.25) is 0 Å². The van der Waals surface area contributed by atoms with Crippen molar-refractivity contribution in [3.8, 4) is 0 Å². The monoisotopic (exact) mass is 266 g/mol. The first-order valence-electron chi connectivity index (χ1n) is 3.46. The molecule has 84 valence electrons. The number of rotatable bonds is 2. The Morgan fingerprint density at radius 2 is 1.06 bits per heavy atom. The summed E-state index contributed by atoms with van der Waals surface area (Å²) >= 11 is 10.4. The SMILES string of the molecule is O=C1C(Cl)=C([N+](=O)[O-])C(=O)C(Cl)=C1[N+](=O)[O-]. The predicted molar refractivity (Wildman–Crippen MR) is 49.8 cm³/mol. The van der Waals surface area contributed by atoms with E-state index in [0.29, 0.717) is 0 Å². The van der Waals surface area contributed by atoms with Gasteiger partial charge in [0.25, 0.3) is 11.6 Å². The molecule has 8 nitrogen and oxygen atoms in total. The smallest absolute Gasteiger partial charge is 0.280 e. The van der Waals surface area contributed by atoms with Crippen LogP contribution in [0.1, 0.15) is 0 Å². The number of carbonyl (C=O) groups excluding carboxylic acids is 2. The summed E-state index contributed by atoms with van der Waals surface area (Å²) in [6.07, 6.45) is 0. The summed E-state index contributed by atoms with van der Waals surface area (Å²) in [6, 6.07) is 0. The van der Waals surface area contributed by atoms with Gasteiger partial charge in [0.15, 0.2) is 10.1 Å². The summed E-state index contributed by atoms with van der Waals surface area (Å²) in [5.41, 5.74) is -2.52. The molecule has 0 aromatic rings. The molecule has 0 N–H and O–H groups in total. The van der Waals surface area contributed by atoms with Gasteiger partial charge in [-0.25, -0.2) is 0 Å². The van der Waals surface area contributed by atoms with Crippen molar-refractivity contribution in [3.63, 3.8) is 0 Å². The van der Waals surface area contributed by atoms with Crippen LogP contribution in [0.15, 0.2) is 21.5 Å². The Hall–Kier alpha value is -1.80. The molecular formula is C6Cl2N2O6. The van der Waals surface area contributed by atoms with Gasteiger partial charge in [-0.05, 0) is 0 Å². The number of hydrogen-bond donors (Lipinski definition) is 0. The summed E-state index contributed by atoms with van der Waals surface area (Å²) in [4.78, 5) is 40.7. The number of ketones is 2. The molecule has 10 heteroatoms. The van der Waals surface area contributed by atoms with Crippen molar-refractivity contribution < 1.29 is 19.4 Å². The van der Waals surface area contributed by atoms with Crippen LogP contribution in [-0.4, -0.2) is 21.4 Å². The van der Waals surface area contributed by atoms with Crippen LogP contribution in [0.5, 0.6) is 0 Å². The minimum atomic E-state index is -1.46. The van der Waals surface area contributed by atoms with E-state index in [1.165, 1.54) is 0 Å². The van der Waals surface area contributed by atoms with E-state index in [9.17, 15) is 29.8 Å². The highest BCUT2D eigenvalue weighted by atomic mass is 35.5. The predicted octanol–water partition coefficient (Wildman–Crippen LogP) is 0.592. The molecule has 0 aromatic carbocycles. The lowest BCUT2D eigenvalue weighted by atomic mass is 10.1. The molecule has 0 spiro atoms. The molecule has 1 rings (SSSR count). The third-order valence-corrected chi connectivity index (χ3v) is 2.31. The molecule has 0 aromatic heterocycles. The third kappa shape index (κ3) is 1.68. The number of nitrogens with zero attached hydrogens (tertiary/aromatic N) is 2. The molecule has 1 aliphatic rings. The maximum absolute atomic E-state index is 11.2. The molecular weight excluding hydrogens is 267 g/mol. The van der Waals surface area contributed by atoms with E-state index in [4.69, 9.17) is 23.2 Å². The zero-order chi connectivity index (χ0) is 12.6. The Kier molecular flexibility index (Phi) is 3.06. The van der Waals surface area contributed by atoms with Gasteiger partial charge < -0.3 is 0 Å². The largest absolute Gasteiger partial charge is 0.340 e. The van der Waals surface area contributed by atoms with E-state index in [2.05, 4.69) is 0 Å². The van der Waals surface area contributed by atoms with Gasteiger partial charge in [0.1, 0.15) is 0 Å². The summed E-state index contributed by atoms with van der Waals surface area (Å²) in [7, 11) is 0. The molecule has 0 heterocycles. The number of carbonyl (C=O) groups is 2. The fraction of sp³-hybridized carbons (Fsp3) is 0.